The van der Waals surface area contributed by atoms with Crippen LogP contribution in [0.3, 0.4) is 0 Å². The first kappa shape index (κ1) is 22.7. The fraction of sp³-hybridized carbons (Fsp3) is 0.321. The van der Waals surface area contributed by atoms with Gasteiger partial charge in [0.15, 0.2) is 0 Å². The van der Waals surface area contributed by atoms with E-state index in [4.69, 9.17) is 14.7 Å². The number of ether oxygens (including phenoxy) is 1. The highest BCUT2D eigenvalue weighted by atomic mass is 16.5. The third-order valence-corrected chi connectivity index (χ3v) is 5.88. The number of para-hydroxylation sites is 2. The zero-order valence-corrected chi connectivity index (χ0v) is 20.0. The van der Waals surface area contributed by atoms with Crippen LogP contribution in [-0.2, 0) is 9.53 Å². The normalized spacial score (nSPS) is 12.3. The zero-order chi connectivity index (χ0) is 23.5. The van der Waals surface area contributed by atoms with Crippen LogP contribution in [0.15, 0.2) is 60.7 Å². The van der Waals surface area contributed by atoms with Crippen LogP contribution in [-0.4, -0.2) is 28.6 Å². The van der Waals surface area contributed by atoms with Crippen LogP contribution in [0.25, 0.3) is 21.8 Å². The van der Waals surface area contributed by atoms with Gasteiger partial charge in [-0.2, -0.15) is 0 Å². The molecule has 5 heteroatoms. The van der Waals surface area contributed by atoms with E-state index in [2.05, 4.69) is 39.8 Å². The highest BCUT2D eigenvalue weighted by molar-refractivity contribution is 5.89. The van der Waals surface area contributed by atoms with Crippen LogP contribution in [0.5, 0.6) is 0 Å². The van der Waals surface area contributed by atoms with Crippen molar-refractivity contribution in [1.82, 2.24) is 9.97 Å². The first-order valence-electron chi connectivity index (χ1n) is 11.6. The van der Waals surface area contributed by atoms with E-state index in [1.165, 1.54) is 0 Å². The summed E-state index contributed by atoms with van der Waals surface area (Å²) in [4.78, 5) is 25.2. The van der Waals surface area contributed by atoms with E-state index in [-0.39, 0.29) is 11.9 Å². The fourth-order valence-corrected chi connectivity index (χ4v) is 4.34. The lowest BCUT2D eigenvalue weighted by Gasteiger charge is -2.32. The maximum atomic E-state index is 13.2. The van der Waals surface area contributed by atoms with Crippen molar-refractivity contribution in [3.8, 4) is 0 Å². The van der Waals surface area contributed by atoms with Gasteiger partial charge >= 0.3 is 5.97 Å². The van der Waals surface area contributed by atoms with E-state index in [1.807, 2.05) is 60.4 Å². The number of fused-ring (bicyclic) bond motifs is 2. The van der Waals surface area contributed by atoms with E-state index in [0.717, 1.165) is 32.9 Å². The first-order valence-corrected chi connectivity index (χ1v) is 11.6. The number of pyridine rings is 2. The molecule has 0 unspecified atom stereocenters. The molecule has 33 heavy (non-hydrogen) atoms. The SMILES string of the molecule is CCOC(=O)[C@H](CC(C)C)N(c1cc(C)c2ccccc2n1)c1cc(C)c2ccccc2n1. The van der Waals surface area contributed by atoms with Crippen molar-refractivity contribution in [1.29, 1.82) is 0 Å². The highest BCUT2D eigenvalue weighted by Gasteiger charge is 2.32. The summed E-state index contributed by atoms with van der Waals surface area (Å²) in [6.45, 7) is 10.5. The number of benzene rings is 2. The Morgan fingerprint density at radius 2 is 1.36 bits per heavy atom. The molecule has 0 aliphatic rings. The van der Waals surface area contributed by atoms with Crippen LogP contribution in [0.1, 0.15) is 38.3 Å². The molecular formula is C28H31N3O2. The third-order valence-electron chi connectivity index (χ3n) is 5.88. The lowest BCUT2D eigenvalue weighted by atomic mass is 10.0. The van der Waals surface area contributed by atoms with Crippen molar-refractivity contribution in [3.63, 3.8) is 0 Å². The minimum Gasteiger partial charge on any atom is -0.464 e. The Morgan fingerprint density at radius 1 is 0.879 bits per heavy atom. The number of anilines is 2. The molecule has 2 heterocycles. The standard InChI is InChI=1S/C28H31N3O2/c1-6-33-28(32)25(15-18(2)3)31(26-16-19(4)21-11-7-9-13-23(21)29-26)27-17-20(5)22-12-8-10-14-24(22)30-27/h7-14,16-18,25H,6,15H2,1-5H3/t25-/m0/s1. The van der Waals surface area contributed by atoms with E-state index < -0.39 is 6.04 Å². The lowest BCUT2D eigenvalue weighted by Crippen LogP contribution is -2.41. The van der Waals surface area contributed by atoms with Crippen molar-refractivity contribution in [2.45, 2.75) is 47.1 Å². The summed E-state index contributed by atoms with van der Waals surface area (Å²) in [6, 6.07) is 19.7. The number of esters is 1. The van der Waals surface area contributed by atoms with Crippen molar-refractivity contribution in [2.24, 2.45) is 5.92 Å². The molecule has 0 saturated carbocycles. The van der Waals surface area contributed by atoms with Crippen LogP contribution in [0.2, 0.25) is 0 Å². The zero-order valence-electron chi connectivity index (χ0n) is 20.0. The third kappa shape index (κ3) is 4.68. The van der Waals surface area contributed by atoms with Crippen LogP contribution < -0.4 is 4.90 Å². The van der Waals surface area contributed by atoms with Crippen molar-refractivity contribution in [2.75, 3.05) is 11.5 Å². The summed E-state index contributed by atoms with van der Waals surface area (Å²) < 4.78 is 5.53. The number of carbonyl (C=O) groups is 1. The summed E-state index contributed by atoms with van der Waals surface area (Å²) in [5.41, 5.74) is 3.99. The number of nitrogens with zero attached hydrogens (tertiary/aromatic N) is 3. The summed E-state index contributed by atoms with van der Waals surface area (Å²) in [5.74, 6) is 1.43. The molecule has 0 saturated heterocycles. The summed E-state index contributed by atoms with van der Waals surface area (Å²) >= 11 is 0. The second-order valence-corrected chi connectivity index (χ2v) is 8.90. The number of carbonyl (C=O) groups excluding carboxylic acids is 1. The Bertz CT molecular complexity index is 1210. The molecule has 0 fully saturated rings. The molecule has 0 spiro atoms. The summed E-state index contributed by atoms with van der Waals surface area (Å²) in [6.07, 6.45) is 0.625. The molecule has 1 atom stereocenters. The molecule has 0 bridgehead atoms. The van der Waals surface area contributed by atoms with Gasteiger partial charge in [0, 0.05) is 10.8 Å². The van der Waals surface area contributed by atoms with E-state index in [1.54, 1.807) is 0 Å². The van der Waals surface area contributed by atoms with Crippen LogP contribution >= 0.6 is 0 Å². The largest absolute Gasteiger partial charge is 0.464 e. The van der Waals surface area contributed by atoms with Gasteiger partial charge in [-0.25, -0.2) is 14.8 Å². The molecule has 2 aromatic heterocycles. The number of hydrogen-bond acceptors (Lipinski definition) is 5. The minimum absolute atomic E-state index is 0.258. The fourth-order valence-electron chi connectivity index (χ4n) is 4.34. The molecule has 4 rings (SSSR count). The number of rotatable bonds is 7. The number of aryl methyl sites for hydroxylation is 2. The molecule has 2 aromatic carbocycles. The van der Waals surface area contributed by atoms with Gasteiger partial charge in [0.2, 0.25) is 0 Å². The Balaban J connectivity index is 1.97. The second kappa shape index (κ2) is 9.57. The molecule has 0 aliphatic carbocycles. The van der Waals surface area contributed by atoms with Gasteiger partial charge in [0.05, 0.1) is 17.6 Å². The predicted molar refractivity (Wildman–Crippen MR) is 135 cm³/mol. The molecular weight excluding hydrogens is 410 g/mol. The van der Waals surface area contributed by atoms with Gasteiger partial charge < -0.3 is 4.74 Å². The molecule has 0 aliphatic heterocycles. The average Bonchev–Trinajstić information content (AvgIpc) is 2.79. The van der Waals surface area contributed by atoms with Crippen molar-refractivity contribution >= 4 is 39.4 Å². The van der Waals surface area contributed by atoms with E-state index >= 15 is 0 Å². The van der Waals surface area contributed by atoms with Crippen molar-refractivity contribution in [3.05, 3.63) is 71.8 Å². The quantitative estimate of drug-likeness (QED) is 0.306. The van der Waals surface area contributed by atoms with Gasteiger partial charge in [0.1, 0.15) is 17.7 Å². The van der Waals surface area contributed by atoms with Gasteiger partial charge in [-0.3, -0.25) is 4.90 Å². The Morgan fingerprint density at radius 3 is 1.82 bits per heavy atom. The van der Waals surface area contributed by atoms with Crippen LogP contribution in [0, 0.1) is 19.8 Å². The Hall–Kier alpha value is -3.47. The molecule has 5 nitrogen and oxygen atoms in total. The maximum Gasteiger partial charge on any atom is 0.329 e. The lowest BCUT2D eigenvalue weighted by molar-refractivity contribution is -0.145. The first-order chi connectivity index (χ1) is 15.9. The van der Waals surface area contributed by atoms with Crippen LogP contribution in [0.4, 0.5) is 11.6 Å². The van der Waals surface area contributed by atoms with Gasteiger partial charge in [-0.1, -0.05) is 50.2 Å². The molecule has 0 amide bonds. The number of aromatic nitrogens is 2. The predicted octanol–water partition coefficient (Wildman–Crippen LogP) is 6.52. The maximum absolute atomic E-state index is 13.2. The smallest absolute Gasteiger partial charge is 0.329 e. The highest BCUT2D eigenvalue weighted by Crippen LogP contribution is 2.33. The second-order valence-electron chi connectivity index (χ2n) is 8.90. The van der Waals surface area contributed by atoms with Gasteiger partial charge in [-0.15, -0.1) is 0 Å². The number of hydrogen-bond donors (Lipinski definition) is 0. The van der Waals surface area contributed by atoms with Gasteiger partial charge in [0.25, 0.3) is 0 Å². The molecule has 0 radical (unpaired) electrons. The topological polar surface area (TPSA) is 55.3 Å². The average molecular weight is 442 g/mol. The van der Waals surface area contributed by atoms with E-state index in [9.17, 15) is 4.79 Å². The van der Waals surface area contributed by atoms with Crippen molar-refractivity contribution < 1.29 is 9.53 Å². The minimum atomic E-state index is -0.536. The Labute approximate surface area is 195 Å². The molecule has 0 N–H and O–H groups in total. The molecule has 4 aromatic rings. The summed E-state index contributed by atoms with van der Waals surface area (Å²) in [5, 5.41) is 2.20. The van der Waals surface area contributed by atoms with E-state index in [0.29, 0.717) is 24.7 Å². The monoisotopic (exact) mass is 441 g/mol. The molecule has 170 valence electrons. The summed E-state index contributed by atoms with van der Waals surface area (Å²) in [7, 11) is 0. The Kier molecular flexibility index (Phi) is 6.59. The van der Waals surface area contributed by atoms with Gasteiger partial charge in [-0.05, 0) is 68.5 Å².